The fourth-order valence-electron chi connectivity index (χ4n) is 2.37. The van der Waals surface area contributed by atoms with Crippen LogP contribution in [0, 0.1) is 11.2 Å². The molecule has 0 radical (unpaired) electrons. The Morgan fingerprint density at radius 1 is 1.32 bits per heavy atom. The maximum atomic E-state index is 13.5. The lowest BCUT2D eigenvalue weighted by Crippen LogP contribution is -2.24. The summed E-state index contributed by atoms with van der Waals surface area (Å²) in [6.07, 6.45) is 1.51. The Balaban J connectivity index is 2.74. The second-order valence-corrected chi connectivity index (χ2v) is 6.44. The lowest BCUT2D eigenvalue weighted by molar-refractivity contribution is 0.0524. The van der Waals surface area contributed by atoms with E-state index in [9.17, 15) is 14.0 Å². The van der Waals surface area contributed by atoms with E-state index in [2.05, 4.69) is 0 Å². The predicted octanol–water partition coefficient (Wildman–Crippen LogP) is 3.36. The number of carbonyl (C=O) groups excluding carboxylic acids is 1. The third kappa shape index (κ3) is 3.35. The fraction of sp³-hybridized carbons (Fsp3) is 0.412. The standard InChI is InChI=1S/C17H20FNO3/c1-5-22-16(21)13-9-19(10-17(2,3)4)14-7-6-11(18)8-12(14)15(13)20/h6-9H,5,10H2,1-4H3. The molecular weight excluding hydrogens is 285 g/mol. The minimum absolute atomic E-state index is 0.0656. The van der Waals surface area contributed by atoms with Gasteiger partial charge in [0.15, 0.2) is 0 Å². The van der Waals surface area contributed by atoms with Crippen molar-refractivity contribution in [3.63, 3.8) is 0 Å². The van der Waals surface area contributed by atoms with E-state index in [4.69, 9.17) is 4.74 Å². The number of halogens is 1. The summed E-state index contributed by atoms with van der Waals surface area (Å²) in [5.74, 6) is -1.19. The van der Waals surface area contributed by atoms with Crippen molar-refractivity contribution in [2.75, 3.05) is 6.61 Å². The zero-order chi connectivity index (χ0) is 16.5. The molecule has 0 spiro atoms. The Bertz CT molecular complexity index is 772. The predicted molar refractivity (Wildman–Crippen MR) is 83.6 cm³/mol. The first-order valence-corrected chi connectivity index (χ1v) is 7.23. The first kappa shape index (κ1) is 16.2. The second kappa shape index (κ2) is 5.91. The van der Waals surface area contributed by atoms with Crippen LogP contribution in [0.15, 0.2) is 29.2 Å². The van der Waals surface area contributed by atoms with Crippen LogP contribution >= 0.6 is 0 Å². The average molecular weight is 305 g/mol. The molecule has 0 aliphatic heterocycles. The molecule has 4 nitrogen and oxygen atoms in total. The highest BCUT2D eigenvalue weighted by Crippen LogP contribution is 2.21. The molecule has 0 atom stereocenters. The summed E-state index contributed by atoms with van der Waals surface area (Å²) < 4.78 is 20.2. The molecule has 1 aromatic heterocycles. The number of rotatable bonds is 3. The molecule has 118 valence electrons. The Morgan fingerprint density at radius 3 is 2.59 bits per heavy atom. The van der Waals surface area contributed by atoms with Crippen molar-refractivity contribution >= 4 is 16.9 Å². The van der Waals surface area contributed by atoms with Crippen LogP contribution in [0.3, 0.4) is 0 Å². The van der Waals surface area contributed by atoms with Crippen molar-refractivity contribution in [1.29, 1.82) is 0 Å². The summed E-state index contributed by atoms with van der Waals surface area (Å²) in [5, 5.41) is 0.190. The van der Waals surface area contributed by atoms with E-state index in [0.717, 1.165) is 0 Å². The molecule has 5 heteroatoms. The van der Waals surface area contributed by atoms with Crippen molar-refractivity contribution < 1.29 is 13.9 Å². The zero-order valence-electron chi connectivity index (χ0n) is 13.3. The van der Waals surface area contributed by atoms with Gasteiger partial charge in [-0.1, -0.05) is 20.8 Å². The maximum absolute atomic E-state index is 13.5. The zero-order valence-corrected chi connectivity index (χ0v) is 13.3. The van der Waals surface area contributed by atoms with E-state index in [0.29, 0.717) is 12.1 Å². The third-order valence-corrected chi connectivity index (χ3v) is 3.18. The second-order valence-electron chi connectivity index (χ2n) is 6.44. The van der Waals surface area contributed by atoms with Gasteiger partial charge in [0, 0.05) is 18.1 Å². The van der Waals surface area contributed by atoms with E-state index in [-0.39, 0.29) is 23.0 Å². The van der Waals surface area contributed by atoms with Gasteiger partial charge in [-0.05, 0) is 30.5 Å². The van der Waals surface area contributed by atoms with Crippen molar-refractivity contribution in [1.82, 2.24) is 4.57 Å². The molecule has 0 aliphatic rings. The van der Waals surface area contributed by atoms with Gasteiger partial charge in [-0.15, -0.1) is 0 Å². The van der Waals surface area contributed by atoms with E-state index >= 15 is 0 Å². The summed E-state index contributed by atoms with van der Waals surface area (Å²) in [7, 11) is 0. The smallest absolute Gasteiger partial charge is 0.343 e. The van der Waals surface area contributed by atoms with Crippen LogP contribution in [0.25, 0.3) is 10.9 Å². The van der Waals surface area contributed by atoms with Gasteiger partial charge in [0.1, 0.15) is 11.4 Å². The third-order valence-electron chi connectivity index (χ3n) is 3.18. The van der Waals surface area contributed by atoms with Crippen LogP contribution in [0.4, 0.5) is 4.39 Å². The minimum atomic E-state index is -0.679. The van der Waals surface area contributed by atoms with Crippen molar-refractivity contribution in [2.24, 2.45) is 5.41 Å². The molecule has 0 amide bonds. The fourth-order valence-corrected chi connectivity index (χ4v) is 2.37. The lowest BCUT2D eigenvalue weighted by atomic mass is 9.96. The summed E-state index contributed by atoms with van der Waals surface area (Å²) in [6.45, 7) is 8.58. The highest BCUT2D eigenvalue weighted by Gasteiger charge is 2.19. The van der Waals surface area contributed by atoms with Gasteiger partial charge in [-0.2, -0.15) is 0 Å². The average Bonchev–Trinajstić information content (AvgIpc) is 2.40. The SMILES string of the molecule is CCOC(=O)c1cn(CC(C)(C)C)c2ccc(F)cc2c1=O. The van der Waals surface area contributed by atoms with Gasteiger partial charge in [-0.3, -0.25) is 4.79 Å². The number of hydrogen-bond acceptors (Lipinski definition) is 3. The van der Waals surface area contributed by atoms with Crippen LogP contribution in [-0.4, -0.2) is 17.1 Å². The van der Waals surface area contributed by atoms with Crippen LogP contribution < -0.4 is 5.43 Å². The molecule has 0 N–H and O–H groups in total. The number of benzene rings is 1. The first-order valence-electron chi connectivity index (χ1n) is 7.23. The molecule has 0 unspecified atom stereocenters. The monoisotopic (exact) mass is 305 g/mol. The quantitative estimate of drug-likeness (QED) is 0.817. The minimum Gasteiger partial charge on any atom is -0.462 e. The molecule has 22 heavy (non-hydrogen) atoms. The van der Waals surface area contributed by atoms with Gasteiger partial charge in [-0.25, -0.2) is 9.18 Å². The van der Waals surface area contributed by atoms with Crippen molar-refractivity contribution in [2.45, 2.75) is 34.2 Å². The van der Waals surface area contributed by atoms with Crippen LogP contribution in [0.2, 0.25) is 0 Å². The number of hydrogen-bond donors (Lipinski definition) is 0. The first-order chi connectivity index (χ1) is 10.2. The lowest BCUT2D eigenvalue weighted by Gasteiger charge is -2.22. The molecule has 0 saturated carbocycles. The Morgan fingerprint density at radius 2 is 2.00 bits per heavy atom. The molecule has 1 aromatic carbocycles. The molecule has 0 aliphatic carbocycles. The topological polar surface area (TPSA) is 48.3 Å². The van der Waals surface area contributed by atoms with Crippen LogP contribution in [0.5, 0.6) is 0 Å². The van der Waals surface area contributed by atoms with E-state index in [1.807, 2.05) is 25.3 Å². The van der Waals surface area contributed by atoms with Gasteiger partial charge in [0.25, 0.3) is 0 Å². The molecule has 1 heterocycles. The highest BCUT2D eigenvalue weighted by atomic mass is 19.1. The maximum Gasteiger partial charge on any atom is 0.343 e. The largest absolute Gasteiger partial charge is 0.462 e. The highest BCUT2D eigenvalue weighted by molar-refractivity contribution is 5.93. The van der Waals surface area contributed by atoms with Crippen LogP contribution in [-0.2, 0) is 11.3 Å². The Kier molecular flexibility index (Phi) is 4.35. The molecule has 0 saturated heterocycles. The summed E-state index contributed by atoms with van der Waals surface area (Å²) in [5.41, 5.74) is -0.0286. The number of fused-ring (bicyclic) bond motifs is 1. The number of ether oxygens (including phenoxy) is 1. The molecule has 2 aromatic rings. The molecule has 0 fully saturated rings. The summed E-state index contributed by atoms with van der Waals surface area (Å²) >= 11 is 0. The van der Waals surface area contributed by atoms with Gasteiger partial charge >= 0.3 is 5.97 Å². The Labute approximate surface area is 128 Å². The number of aromatic nitrogens is 1. The van der Waals surface area contributed by atoms with Crippen molar-refractivity contribution in [3.05, 3.63) is 46.0 Å². The van der Waals surface area contributed by atoms with E-state index in [1.165, 1.54) is 18.3 Å². The molecule has 2 rings (SSSR count). The summed E-state index contributed by atoms with van der Waals surface area (Å²) in [6, 6.07) is 4.04. The van der Waals surface area contributed by atoms with Gasteiger partial charge in [0.2, 0.25) is 5.43 Å². The van der Waals surface area contributed by atoms with Crippen molar-refractivity contribution in [3.8, 4) is 0 Å². The van der Waals surface area contributed by atoms with E-state index < -0.39 is 17.2 Å². The number of nitrogens with zero attached hydrogens (tertiary/aromatic N) is 1. The van der Waals surface area contributed by atoms with Gasteiger partial charge in [0.05, 0.1) is 12.1 Å². The van der Waals surface area contributed by atoms with E-state index in [1.54, 1.807) is 13.0 Å². The number of carbonyl (C=O) groups is 1. The number of esters is 1. The Hall–Kier alpha value is -2.17. The summed E-state index contributed by atoms with van der Waals surface area (Å²) in [4.78, 5) is 24.4. The molecular formula is C17H20FNO3. The normalized spacial score (nSPS) is 11.7. The number of pyridine rings is 1. The van der Waals surface area contributed by atoms with Gasteiger partial charge < -0.3 is 9.30 Å². The molecule has 0 bridgehead atoms. The van der Waals surface area contributed by atoms with Crippen LogP contribution in [0.1, 0.15) is 38.1 Å².